The third kappa shape index (κ3) is 5.72. The summed E-state index contributed by atoms with van der Waals surface area (Å²) in [5.41, 5.74) is 1.48. The normalized spacial score (nSPS) is 18.4. The first-order chi connectivity index (χ1) is 10.3. The molecule has 1 N–H and O–H groups in total. The highest BCUT2D eigenvalue weighted by atomic mass is 79.9. The van der Waals surface area contributed by atoms with Crippen molar-refractivity contribution in [1.82, 2.24) is 5.32 Å². The van der Waals surface area contributed by atoms with Gasteiger partial charge in [-0.15, -0.1) is 0 Å². The minimum atomic E-state index is 0.632. The van der Waals surface area contributed by atoms with Crippen LogP contribution in [0, 0.1) is 5.92 Å². The molecule has 0 aliphatic heterocycles. The fourth-order valence-electron chi connectivity index (χ4n) is 3.41. The van der Waals surface area contributed by atoms with Crippen LogP contribution in [-0.4, -0.2) is 26.8 Å². The first kappa shape index (κ1) is 17.0. The lowest BCUT2D eigenvalue weighted by atomic mass is 9.81. The van der Waals surface area contributed by atoms with Crippen molar-refractivity contribution in [3.8, 4) is 0 Å². The Kier molecular flexibility index (Phi) is 7.76. The van der Waals surface area contributed by atoms with E-state index in [0.29, 0.717) is 5.92 Å². The van der Waals surface area contributed by atoms with Gasteiger partial charge in [0, 0.05) is 24.7 Å². The average molecular weight is 354 g/mol. The Morgan fingerprint density at radius 2 is 1.81 bits per heavy atom. The second-order valence-electron chi connectivity index (χ2n) is 6.11. The molecule has 0 saturated heterocycles. The van der Waals surface area contributed by atoms with Gasteiger partial charge in [-0.1, -0.05) is 53.7 Å². The van der Waals surface area contributed by atoms with E-state index in [-0.39, 0.29) is 0 Å². The Bertz CT molecular complexity index is 385. The standard InChI is InChI=1S/C18H28BrNO/c1-21-13-12-20-14-18(15-6-4-2-3-5-7-15)16-8-10-17(19)11-9-16/h8-11,15,18,20H,2-7,12-14H2,1H3. The molecule has 1 aromatic carbocycles. The molecule has 1 aromatic rings. The fraction of sp³-hybridized carbons (Fsp3) is 0.667. The van der Waals surface area contributed by atoms with Crippen LogP contribution in [0.1, 0.15) is 50.0 Å². The predicted octanol–water partition coefficient (Wildman–Crippen LogP) is 4.74. The highest BCUT2D eigenvalue weighted by Crippen LogP contribution is 2.35. The van der Waals surface area contributed by atoms with Crippen molar-refractivity contribution in [3.05, 3.63) is 34.3 Å². The maximum Gasteiger partial charge on any atom is 0.0587 e. The molecule has 1 saturated carbocycles. The first-order valence-corrected chi connectivity index (χ1v) is 9.05. The van der Waals surface area contributed by atoms with Gasteiger partial charge in [0.15, 0.2) is 0 Å². The van der Waals surface area contributed by atoms with Crippen LogP contribution in [0.15, 0.2) is 28.7 Å². The van der Waals surface area contributed by atoms with Gasteiger partial charge in [-0.2, -0.15) is 0 Å². The second kappa shape index (κ2) is 9.60. The van der Waals surface area contributed by atoms with Gasteiger partial charge in [-0.25, -0.2) is 0 Å². The molecule has 1 aliphatic carbocycles. The van der Waals surface area contributed by atoms with Gasteiger partial charge in [0.05, 0.1) is 6.61 Å². The number of hydrogen-bond donors (Lipinski definition) is 1. The molecule has 1 unspecified atom stereocenters. The van der Waals surface area contributed by atoms with Gasteiger partial charge in [0.25, 0.3) is 0 Å². The van der Waals surface area contributed by atoms with Gasteiger partial charge in [-0.3, -0.25) is 0 Å². The molecular formula is C18H28BrNO. The van der Waals surface area contributed by atoms with Gasteiger partial charge in [-0.05, 0) is 42.4 Å². The van der Waals surface area contributed by atoms with Gasteiger partial charge in [0.2, 0.25) is 0 Å². The van der Waals surface area contributed by atoms with Crippen LogP contribution < -0.4 is 5.32 Å². The zero-order valence-electron chi connectivity index (χ0n) is 13.1. The molecule has 0 aromatic heterocycles. The summed E-state index contributed by atoms with van der Waals surface area (Å²) in [5.74, 6) is 1.46. The lowest BCUT2D eigenvalue weighted by Crippen LogP contribution is -2.29. The Morgan fingerprint density at radius 1 is 1.14 bits per heavy atom. The van der Waals surface area contributed by atoms with E-state index in [1.54, 1.807) is 7.11 Å². The Hall–Kier alpha value is -0.380. The molecule has 2 nitrogen and oxygen atoms in total. The van der Waals surface area contributed by atoms with Gasteiger partial charge >= 0.3 is 0 Å². The molecule has 1 aliphatic rings. The largest absolute Gasteiger partial charge is 0.383 e. The summed E-state index contributed by atoms with van der Waals surface area (Å²) in [7, 11) is 1.76. The fourth-order valence-corrected chi connectivity index (χ4v) is 3.68. The van der Waals surface area contributed by atoms with Crippen molar-refractivity contribution >= 4 is 15.9 Å². The summed E-state index contributed by atoms with van der Waals surface area (Å²) in [6.45, 7) is 2.80. The molecule has 1 atom stereocenters. The molecule has 0 heterocycles. The smallest absolute Gasteiger partial charge is 0.0587 e. The summed E-state index contributed by atoms with van der Waals surface area (Å²) in [4.78, 5) is 0. The summed E-state index contributed by atoms with van der Waals surface area (Å²) < 4.78 is 6.31. The second-order valence-corrected chi connectivity index (χ2v) is 7.02. The van der Waals surface area contributed by atoms with Crippen LogP contribution in [0.3, 0.4) is 0 Å². The summed E-state index contributed by atoms with van der Waals surface area (Å²) in [6, 6.07) is 8.93. The molecule has 21 heavy (non-hydrogen) atoms. The van der Waals surface area contributed by atoms with E-state index in [2.05, 4.69) is 45.5 Å². The van der Waals surface area contributed by atoms with Crippen molar-refractivity contribution in [3.63, 3.8) is 0 Å². The predicted molar refractivity (Wildman–Crippen MR) is 92.8 cm³/mol. The van der Waals surface area contributed by atoms with E-state index in [1.165, 1.54) is 48.6 Å². The van der Waals surface area contributed by atoms with E-state index in [0.717, 1.165) is 25.6 Å². The molecule has 2 rings (SSSR count). The topological polar surface area (TPSA) is 21.3 Å². The van der Waals surface area contributed by atoms with Crippen molar-refractivity contribution in [2.45, 2.75) is 44.4 Å². The maximum absolute atomic E-state index is 5.14. The lowest BCUT2D eigenvalue weighted by molar-refractivity contribution is 0.197. The molecule has 0 amide bonds. The number of hydrogen-bond acceptors (Lipinski definition) is 2. The average Bonchev–Trinajstić information content (AvgIpc) is 2.78. The molecule has 1 fully saturated rings. The SMILES string of the molecule is COCCNCC(c1ccc(Br)cc1)C1CCCCCC1. The maximum atomic E-state index is 5.14. The van der Waals surface area contributed by atoms with Crippen molar-refractivity contribution < 1.29 is 4.74 Å². The number of rotatable bonds is 7. The quantitative estimate of drug-likeness (QED) is 0.564. The Morgan fingerprint density at radius 3 is 2.43 bits per heavy atom. The van der Waals surface area contributed by atoms with E-state index in [9.17, 15) is 0 Å². The molecular weight excluding hydrogens is 326 g/mol. The van der Waals surface area contributed by atoms with E-state index < -0.39 is 0 Å². The van der Waals surface area contributed by atoms with Crippen LogP contribution in [-0.2, 0) is 4.74 Å². The summed E-state index contributed by atoms with van der Waals surface area (Å²) in [6.07, 6.45) is 8.40. The highest BCUT2D eigenvalue weighted by molar-refractivity contribution is 9.10. The zero-order valence-corrected chi connectivity index (χ0v) is 14.7. The minimum absolute atomic E-state index is 0.632. The Labute approximate surface area is 137 Å². The molecule has 3 heteroatoms. The number of halogens is 1. The lowest BCUT2D eigenvalue weighted by Gasteiger charge is -2.27. The molecule has 0 bridgehead atoms. The number of methoxy groups -OCH3 is 1. The molecule has 0 radical (unpaired) electrons. The van der Waals surface area contributed by atoms with E-state index in [4.69, 9.17) is 4.74 Å². The van der Waals surface area contributed by atoms with E-state index >= 15 is 0 Å². The first-order valence-electron chi connectivity index (χ1n) is 8.26. The van der Waals surface area contributed by atoms with E-state index in [1.807, 2.05) is 0 Å². The summed E-state index contributed by atoms with van der Waals surface area (Å²) >= 11 is 3.54. The Balaban J connectivity index is 2.03. The van der Waals surface area contributed by atoms with Crippen LogP contribution in [0.2, 0.25) is 0 Å². The monoisotopic (exact) mass is 353 g/mol. The van der Waals surface area contributed by atoms with Gasteiger partial charge in [0.1, 0.15) is 0 Å². The van der Waals surface area contributed by atoms with Gasteiger partial charge < -0.3 is 10.1 Å². The third-order valence-corrected chi connectivity index (χ3v) is 5.14. The summed E-state index contributed by atoms with van der Waals surface area (Å²) in [5, 5.41) is 3.58. The number of ether oxygens (including phenoxy) is 1. The molecule has 0 spiro atoms. The van der Waals surface area contributed by atoms with Crippen LogP contribution in [0.4, 0.5) is 0 Å². The number of benzene rings is 1. The molecule has 118 valence electrons. The highest BCUT2D eigenvalue weighted by Gasteiger charge is 2.23. The van der Waals surface area contributed by atoms with Crippen LogP contribution in [0.25, 0.3) is 0 Å². The van der Waals surface area contributed by atoms with Crippen molar-refractivity contribution in [2.75, 3.05) is 26.8 Å². The zero-order chi connectivity index (χ0) is 14.9. The third-order valence-electron chi connectivity index (χ3n) is 4.61. The van der Waals surface area contributed by atoms with Crippen LogP contribution >= 0.6 is 15.9 Å². The number of nitrogens with one attached hydrogen (secondary N) is 1. The minimum Gasteiger partial charge on any atom is -0.383 e. The van der Waals surface area contributed by atoms with Crippen molar-refractivity contribution in [1.29, 1.82) is 0 Å². The van der Waals surface area contributed by atoms with Crippen molar-refractivity contribution in [2.24, 2.45) is 5.92 Å². The van der Waals surface area contributed by atoms with Crippen LogP contribution in [0.5, 0.6) is 0 Å².